The number of allylic oxidation sites excluding steroid dienone is 2. The topological polar surface area (TPSA) is 76.9 Å². The zero-order chi connectivity index (χ0) is 21.1. The Kier molecular flexibility index (Phi) is 5.39. The molecule has 2 heterocycles. The second kappa shape index (κ2) is 8.13. The van der Waals surface area contributed by atoms with Gasteiger partial charge in [0.05, 0.1) is 36.3 Å². The molecule has 1 aromatic carbocycles. The molecule has 0 bridgehead atoms. The van der Waals surface area contributed by atoms with Crippen LogP contribution in [0.25, 0.3) is 0 Å². The lowest BCUT2D eigenvalue weighted by Crippen LogP contribution is -2.24. The summed E-state index contributed by atoms with van der Waals surface area (Å²) in [5.74, 6) is 0.661. The maximum Gasteiger partial charge on any atom is 0.134 e. The number of nitrogens with zero attached hydrogens (tertiary/aromatic N) is 4. The Bertz CT molecular complexity index is 1120. The Labute approximate surface area is 176 Å². The van der Waals surface area contributed by atoms with Gasteiger partial charge in [-0.05, 0) is 25.0 Å². The molecule has 1 aliphatic rings. The fraction of sp³-hybridized carbons (Fsp3) is 0.292. The number of aryl methyl sites for hydroxylation is 2. The van der Waals surface area contributed by atoms with Gasteiger partial charge in [0, 0.05) is 19.0 Å². The number of rotatable bonds is 6. The predicted octanol–water partition coefficient (Wildman–Crippen LogP) is 4.78. The first-order chi connectivity index (χ1) is 14.5. The van der Waals surface area contributed by atoms with Crippen molar-refractivity contribution in [2.24, 2.45) is 12.5 Å². The van der Waals surface area contributed by atoms with E-state index in [1.165, 1.54) is 0 Å². The third kappa shape index (κ3) is 3.85. The van der Waals surface area contributed by atoms with Crippen molar-refractivity contribution in [1.29, 1.82) is 5.26 Å². The van der Waals surface area contributed by atoms with E-state index in [-0.39, 0.29) is 12.0 Å². The average molecular weight is 400 g/mol. The Hall–Kier alpha value is -3.43. The van der Waals surface area contributed by atoms with E-state index < -0.39 is 5.41 Å². The number of nitriles is 1. The lowest BCUT2D eigenvalue weighted by Gasteiger charge is -2.33. The van der Waals surface area contributed by atoms with E-state index in [1.54, 1.807) is 6.33 Å². The average Bonchev–Trinajstić information content (AvgIpc) is 3.38. The molecular weight excluding hydrogens is 376 g/mol. The molecule has 3 aromatic rings. The number of imidazole rings is 1. The first-order valence-electron chi connectivity index (χ1n) is 9.87. The van der Waals surface area contributed by atoms with Crippen LogP contribution in [0.2, 0.25) is 0 Å². The normalized spacial score (nSPS) is 21.8. The molecule has 0 N–H and O–H groups in total. The van der Waals surface area contributed by atoms with Crippen LogP contribution in [-0.4, -0.2) is 14.7 Å². The van der Waals surface area contributed by atoms with Gasteiger partial charge in [0.2, 0.25) is 0 Å². The zero-order valence-electron chi connectivity index (χ0n) is 17.3. The highest BCUT2D eigenvalue weighted by atomic mass is 16.5. The van der Waals surface area contributed by atoms with Crippen LogP contribution in [0.4, 0.5) is 0 Å². The summed E-state index contributed by atoms with van der Waals surface area (Å²) in [6.45, 7) is 4.13. The maximum absolute atomic E-state index is 9.89. The molecular formula is C24H24N4O2. The van der Waals surface area contributed by atoms with Crippen LogP contribution in [-0.2, 0) is 18.4 Å². The van der Waals surface area contributed by atoms with Crippen molar-refractivity contribution in [1.82, 2.24) is 14.7 Å². The summed E-state index contributed by atoms with van der Waals surface area (Å²) in [5.41, 5.74) is 3.12. The predicted molar refractivity (Wildman–Crippen MR) is 112 cm³/mol. The molecule has 2 aromatic heterocycles. The summed E-state index contributed by atoms with van der Waals surface area (Å²) in [6, 6.07) is 14.5. The van der Waals surface area contributed by atoms with Gasteiger partial charge in [-0.2, -0.15) is 5.26 Å². The molecule has 0 radical (unpaired) electrons. The summed E-state index contributed by atoms with van der Waals surface area (Å²) in [7, 11) is 1.94. The summed E-state index contributed by atoms with van der Waals surface area (Å²) < 4.78 is 13.4. The second-order valence-corrected chi connectivity index (χ2v) is 7.83. The summed E-state index contributed by atoms with van der Waals surface area (Å²) >= 11 is 0. The van der Waals surface area contributed by atoms with Crippen LogP contribution in [0.5, 0.6) is 0 Å². The van der Waals surface area contributed by atoms with Gasteiger partial charge in [0.1, 0.15) is 17.6 Å². The fourth-order valence-corrected chi connectivity index (χ4v) is 3.81. The van der Waals surface area contributed by atoms with Crippen LogP contribution < -0.4 is 0 Å². The number of hydrogen-bond donors (Lipinski definition) is 0. The summed E-state index contributed by atoms with van der Waals surface area (Å²) in [5, 5.41) is 13.9. The Morgan fingerprint density at radius 2 is 2.13 bits per heavy atom. The van der Waals surface area contributed by atoms with E-state index >= 15 is 0 Å². The van der Waals surface area contributed by atoms with Crippen LogP contribution in [0, 0.1) is 23.7 Å². The highest BCUT2D eigenvalue weighted by Crippen LogP contribution is 2.44. The molecule has 1 aliphatic carbocycles. The molecule has 6 heteroatoms. The van der Waals surface area contributed by atoms with Crippen LogP contribution in [0.3, 0.4) is 0 Å². The van der Waals surface area contributed by atoms with Gasteiger partial charge in [-0.15, -0.1) is 0 Å². The molecule has 0 amide bonds. The first-order valence-corrected chi connectivity index (χ1v) is 9.87. The Morgan fingerprint density at radius 3 is 2.77 bits per heavy atom. The highest BCUT2D eigenvalue weighted by molar-refractivity contribution is 5.44. The molecule has 0 spiro atoms. The van der Waals surface area contributed by atoms with Gasteiger partial charge in [0.25, 0.3) is 0 Å². The van der Waals surface area contributed by atoms with E-state index in [2.05, 4.69) is 34.4 Å². The molecule has 152 valence electrons. The smallest absolute Gasteiger partial charge is 0.134 e. The van der Waals surface area contributed by atoms with E-state index in [1.807, 2.05) is 68.1 Å². The quantitative estimate of drug-likeness (QED) is 0.595. The molecule has 6 nitrogen and oxygen atoms in total. The van der Waals surface area contributed by atoms with Gasteiger partial charge >= 0.3 is 0 Å². The maximum atomic E-state index is 9.89. The van der Waals surface area contributed by atoms with Gasteiger partial charge in [-0.3, -0.25) is 0 Å². The molecule has 0 aliphatic heterocycles. The van der Waals surface area contributed by atoms with E-state index in [0.29, 0.717) is 6.61 Å². The minimum atomic E-state index is -0.634. The summed E-state index contributed by atoms with van der Waals surface area (Å²) in [6.07, 6.45) is 9.34. The van der Waals surface area contributed by atoms with Crippen molar-refractivity contribution in [2.45, 2.75) is 32.5 Å². The molecule has 3 atom stereocenters. The van der Waals surface area contributed by atoms with E-state index in [4.69, 9.17) is 9.26 Å². The van der Waals surface area contributed by atoms with Crippen molar-refractivity contribution < 1.29 is 9.26 Å². The van der Waals surface area contributed by atoms with Crippen molar-refractivity contribution in [3.8, 4) is 6.07 Å². The molecule has 3 unspecified atom stereocenters. The van der Waals surface area contributed by atoms with E-state index in [0.717, 1.165) is 28.3 Å². The number of aromatic nitrogens is 3. The molecule has 0 fully saturated rings. The lowest BCUT2D eigenvalue weighted by atomic mass is 9.70. The van der Waals surface area contributed by atoms with Crippen molar-refractivity contribution >= 4 is 0 Å². The van der Waals surface area contributed by atoms with Crippen molar-refractivity contribution in [2.75, 3.05) is 0 Å². The fourth-order valence-electron chi connectivity index (χ4n) is 3.81. The minimum Gasteiger partial charge on any atom is -0.361 e. The molecule has 4 rings (SSSR count). The number of benzene rings is 1. The molecule has 0 saturated heterocycles. The van der Waals surface area contributed by atoms with Crippen LogP contribution >= 0.6 is 0 Å². The van der Waals surface area contributed by atoms with E-state index in [9.17, 15) is 5.26 Å². The minimum absolute atomic E-state index is 0.0858. The molecule has 30 heavy (non-hydrogen) atoms. The second-order valence-electron chi connectivity index (χ2n) is 7.83. The zero-order valence-corrected chi connectivity index (χ0v) is 17.3. The third-order valence-corrected chi connectivity index (χ3v) is 5.53. The Morgan fingerprint density at radius 1 is 1.33 bits per heavy atom. The first kappa shape index (κ1) is 19.9. The Balaban J connectivity index is 1.71. The third-order valence-electron chi connectivity index (χ3n) is 5.53. The van der Waals surface area contributed by atoms with Crippen LogP contribution in [0.15, 0.2) is 77.2 Å². The monoisotopic (exact) mass is 400 g/mol. The molecule has 0 saturated carbocycles. The number of hydrogen-bond acceptors (Lipinski definition) is 5. The SMILES string of the molecule is Cc1cc(COC(C2=CC(c3ccccc3)C(C)(C#N)C=C2)c2cncn2C)no1. The van der Waals surface area contributed by atoms with Gasteiger partial charge in [0.15, 0.2) is 0 Å². The number of ether oxygens (including phenoxy) is 1. The van der Waals surface area contributed by atoms with Crippen molar-refractivity contribution in [3.63, 3.8) is 0 Å². The van der Waals surface area contributed by atoms with Gasteiger partial charge < -0.3 is 13.8 Å². The summed E-state index contributed by atoms with van der Waals surface area (Å²) in [4.78, 5) is 4.26. The van der Waals surface area contributed by atoms with Gasteiger partial charge in [-0.25, -0.2) is 4.98 Å². The lowest BCUT2D eigenvalue weighted by molar-refractivity contribution is 0.0572. The van der Waals surface area contributed by atoms with Crippen LogP contribution in [0.1, 0.15) is 41.7 Å². The highest BCUT2D eigenvalue weighted by Gasteiger charge is 2.36. The standard InChI is InChI=1S/C24H24N4O2/c1-17-11-20(27-30-17)14-29-23(22-13-26-16-28(22)3)19-9-10-24(2,15-25)21(12-19)18-7-5-4-6-8-18/h4-13,16,21,23H,14H2,1-3H3. The largest absolute Gasteiger partial charge is 0.361 e. The van der Waals surface area contributed by atoms with Gasteiger partial charge in [-0.1, -0.05) is 53.7 Å². The van der Waals surface area contributed by atoms with Crippen molar-refractivity contribution in [3.05, 3.63) is 95.4 Å².